The van der Waals surface area contributed by atoms with Crippen LogP contribution in [-0.4, -0.2) is 41.6 Å². The monoisotopic (exact) mass is 432 g/mol. The number of carbonyl (C=O) groups excluding carboxylic acids is 2. The van der Waals surface area contributed by atoms with Crippen molar-refractivity contribution in [2.75, 3.05) is 13.2 Å². The average molecular weight is 433 g/mol. The number of fused-ring (bicyclic) bond motifs is 1. The zero-order valence-corrected chi connectivity index (χ0v) is 18.8. The van der Waals surface area contributed by atoms with E-state index in [1.165, 1.54) is 48.3 Å². The Hall–Kier alpha value is -2.66. The molecule has 1 unspecified atom stereocenters. The van der Waals surface area contributed by atoms with E-state index in [9.17, 15) is 9.59 Å². The lowest BCUT2D eigenvalue weighted by atomic mass is 9.78. The molecule has 5 rings (SSSR count). The fraction of sp³-hybridized carbons (Fsp3) is 0.481. The molecule has 3 fully saturated rings. The van der Waals surface area contributed by atoms with Crippen LogP contribution in [0.4, 0.5) is 4.79 Å². The van der Waals surface area contributed by atoms with Gasteiger partial charge in [0.25, 0.3) is 5.91 Å². The molecule has 168 valence electrons. The highest BCUT2D eigenvalue weighted by Crippen LogP contribution is 2.30. The van der Waals surface area contributed by atoms with E-state index in [2.05, 4.69) is 5.32 Å². The van der Waals surface area contributed by atoms with Crippen molar-refractivity contribution in [2.24, 2.45) is 5.92 Å². The van der Waals surface area contributed by atoms with Crippen molar-refractivity contribution >= 4 is 11.9 Å². The maximum atomic E-state index is 13.9. The fourth-order valence-electron chi connectivity index (χ4n) is 6.28. The smallest absolute Gasteiger partial charge is 0.322 e. The van der Waals surface area contributed by atoms with Crippen molar-refractivity contribution in [2.45, 2.75) is 62.9 Å². The summed E-state index contributed by atoms with van der Waals surface area (Å²) < 4.78 is 0. The molecule has 0 spiro atoms. The molecule has 5 nitrogen and oxygen atoms in total. The van der Waals surface area contributed by atoms with Crippen LogP contribution in [-0.2, 0) is 17.6 Å². The number of hydrogen-bond donors (Lipinski definition) is 2. The van der Waals surface area contributed by atoms with Gasteiger partial charge in [-0.25, -0.2) is 9.69 Å². The number of nitrogens with zero attached hydrogens (tertiary/aromatic N) is 1. The van der Waals surface area contributed by atoms with Crippen molar-refractivity contribution in [1.29, 1.82) is 0 Å². The Morgan fingerprint density at radius 3 is 2.09 bits per heavy atom. The third kappa shape index (κ3) is 4.18. The Bertz CT molecular complexity index is 902. The second kappa shape index (κ2) is 9.07. The van der Waals surface area contributed by atoms with Gasteiger partial charge in [0.05, 0.1) is 12.6 Å². The molecule has 5 heteroatoms. The molecule has 2 heterocycles. The maximum absolute atomic E-state index is 13.9. The van der Waals surface area contributed by atoms with Crippen LogP contribution in [0.25, 0.3) is 0 Å². The second-order valence-corrected chi connectivity index (χ2v) is 9.93. The minimum atomic E-state index is -0.930. The predicted molar refractivity (Wildman–Crippen MR) is 124 cm³/mol. The summed E-state index contributed by atoms with van der Waals surface area (Å²) in [7, 11) is 0. The van der Waals surface area contributed by atoms with E-state index in [4.69, 9.17) is 0 Å². The summed E-state index contributed by atoms with van der Waals surface area (Å²) in [6.07, 6.45) is 8.64. The summed E-state index contributed by atoms with van der Waals surface area (Å²) in [5.74, 6) is 0.687. The third-order valence-electron chi connectivity index (χ3n) is 7.81. The SMILES string of the molecule is O=C1NC(Cc2ccccc2)(Cc2ccccc2)C(=O)N1C[NH+]1CCC[C@@H]2CCCC[C@@H]21. The molecule has 2 saturated heterocycles. The summed E-state index contributed by atoms with van der Waals surface area (Å²) >= 11 is 0. The van der Waals surface area contributed by atoms with Crippen LogP contribution in [0.15, 0.2) is 60.7 Å². The van der Waals surface area contributed by atoms with Crippen LogP contribution < -0.4 is 10.2 Å². The van der Waals surface area contributed by atoms with Crippen molar-refractivity contribution in [3.63, 3.8) is 0 Å². The number of likely N-dealkylation sites (tertiary alicyclic amines) is 1. The number of amides is 3. The van der Waals surface area contributed by atoms with Gasteiger partial charge in [0.15, 0.2) is 6.67 Å². The molecule has 2 aromatic carbocycles. The molecule has 0 radical (unpaired) electrons. The minimum Gasteiger partial charge on any atom is -0.322 e. The Labute approximate surface area is 190 Å². The highest BCUT2D eigenvalue weighted by atomic mass is 16.2. The first-order valence-electron chi connectivity index (χ1n) is 12.2. The van der Waals surface area contributed by atoms with Crippen LogP contribution in [0.1, 0.15) is 49.7 Å². The molecule has 2 N–H and O–H groups in total. The number of imide groups is 1. The first kappa shape index (κ1) is 21.2. The highest BCUT2D eigenvalue weighted by molar-refractivity contribution is 6.07. The van der Waals surface area contributed by atoms with Crippen LogP contribution >= 0.6 is 0 Å². The quantitative estimate of drug-likeness (QED) is 0.690. The summed E-state index contributed by atoms with van der Waals surface area (Å²) in [6, 6.07) is 20.4. The first-order chi connectivity index (χ1) is 15.6. The van der Waals surface area contributed by atoms with E-state index < -0.39 is 5.54 Å². The molecule has 2 aromatic rings. The van der Waals surface area contributed by atoms with E-state index in [-0.39, 0.29) is 11.9 Å². The molecule has 3 atom stereocenters. The van der Waals surface area contributed by atoms with Crippen LogP contribution in [0, 0.1) is 5.92 Å². The normalized spacial score (nSPS) is 27.1. The van der Waals surface area contributed by atoms with Gasteiger partial charge in [0.1, 0.15) is 5.54 Å². The number of quaternary nitrogens is 1. The second-order valence-electron chi connectivity index (χ2n) is 9.93. The molecule has 0 bridgehead atoms. The van der Waals surface area contributed by atoms with Crippen molar-refractivity contribution in [3.8, 4) is 0 Å². The number of rotatable bonds is 6. The van der Waals surface area contributed by atoms with Gasteiger partial charge in [0.2, 0.25) is 0 Å². The largest absolute Gasteiger partial charge is 0.329 e. The summed E-state index contributed by atoms with van der Waals surface area (Å²) in [6.45, 7) is 1.56. The lowest BCUT2D eigenvalue weighted by Gasteiger charge is -2.42. The van der Waals surface area contributed by atoms with Gasteiger partial charge in [-0.1, -0.05) is 67.1 Å². The lowest BCUT2D eigenvalue weighted by Crippen LogP contribution is -3.19. The molecule has 1 aliphatic carbocycles. The van der Waals surface area contributed by atoms with Crippen LogP contribution in [0.5, 0.6) is 0 Å². The zero-order valence-electron chi connectivity index (χ0n) is 18.8. The molecule has 32 heavy (non-hydrogen) atoms. The standard InChI is InChI=1S/C27H33N3O2/c31-25-27(18-21-10-3-1-4-11-21,19-22-12-5-2-6-13-22)28-26(32)30(25)20-29-17-9-15-23-14-7-8-16-24(23)29/h1-6,10-13,23-24H,7-9,14-20H2,(H,28,32)/p+1/t23-,24-/m0/s1. The van der Waals surface area contributed by atoms with Gasteiger partial charge in [-0.05, 0) is 43.2 Å². The zero-order chi connectivity index (χ0) is 22.0. The third-order valence-corrected chi connectivity index (χ3v) is 7.81. The lowest BCUT2D eigenvalue weighted by molar-refractivity contribution is -0.942. The first-order valence-corrected chi connectivity index (χ1v) is 12.2. The van der Waals surface area contributed by atoms with E-state index in [0.29, 0.717) is 25.6 Å². The molecule has 0 aromatic heterocycles. The Morgan fingerprint density at radius 2 is 1.44 bits per heavy atom. The summed E-state index contributed by atoms with van der Waals surface area (Å²) in [5.41, 5.74) is 1.20. The maximum Gasteiger partial charge on any atom is 0.329 e. The van der Waals surface area contributed by atoms with Gasteiger partial charge < -0.3 is 10.2 Å². The molecule has 3 amide bonds. The predicted octanol–water partition coefficient (Wildman–Crippen LogP) is 2.96. The minimum absolute atomic E-state index is 0.0689. The molecular formula is C27H34N3O2+. The highest BCUT2D eigenvalue weighted by Gasteiger charge is 2.53. The van der Waals surface area contributed by atoms with E-state index in [1.807, 2.05) is 60.7 Å². The fourth-order valence-corrected chi connectivity index (χ4v) is 6.28. The van der Waals surface area contributed by atoms with Crippen LogP contribution in [0.3, 0.4) is 0 Å². The average Bonchev–Trinajstić information content (AvgIpc) is 3.04. The van der Waals surface area contributed by atoms with Gasteiger partial charge >= 0.3 is 6.03 Å². The van der Waals surface area contributed by atoms with Gasteiger partial charge in [-0.3, -0.25) is 4.79 Å². The molecular weight excluding hydrogens is 398 g/mol. The van der Waals surface area contributed by atoms with Gasteiger partial charge in [-0.15, -0.1) is 0 Å². The van der Waals surface area contributed by atoms with Crippen LogP contribution in [0.2, 0.25) is 0 Å². The van der Waals surface area contributed by atoms with Gasteiger partial charge in [-0.2, -0.15) is 0 Å². The van der Waals surface area contributed by atoms with Gasteiger partial charge in [0, 0.05) is 18.8 Å². The topological polar surface area (TPSA) is 53.9 Å². The van der Waals surface area contributed by atoms with E-state index in [1.54, 1.807) is 0 Å². The molecule has 3 aliphatic rings. The van der Waals surface area contributed by atoms with E-state index in [0.717, 1.165) is 23.6 Å². The molecule has 2 aliphatic heterocycles. The molecule has 1 saturated carbocycles. The number of benzene rings is 2. The Kier molecular flexibility index (Phi) is 6.01. The summed E-state index contributed by atoms with van der Waals surface area (Å²) in [5, 5.41) is 3.15. The number of hydrogen-bond acceptors (Lipinski definition) is 2. The van der Waals surface area contributed by atoms with Crippen molar-refractivity contribution in [1.82, 2.24) is 10.2 Å². The number of carbonyl (C=O) groups is 2. The Balaban J connectivity index is 1.40. The van der Waals surface area contributed by atoms with E-state index >= 15 is 0 Å². The summed E-state index contributed by atoms with van der Waals surface area (Å²) in [4.78, 5) is 30.1. The van der Waals surface area contributed by atoms with Crippen molar-refractivity contribution < 1.29 is 14.5 Å². The number of piperidine rings is 1. The number of urea groups is 1. The Morgan fingerprint density at radius 1 is 0.844 bits per heavy atom. The number of nitrogens with one attached hydrogen (secondary N) is 2. The van der Waals surface area contributed by atoms with Crippen molar-refractivity contribution in [3.05, 3.63) is 71.8 Å².